The van der Waals surface area contributed by atoms with E-state index in [1.165, 1.54) is 18.2 Å². The number of rotatable bonds is 5. The van der Waals surface area contributed by atoms with Crippen LogP contribution in [0.2, 0.25) is 0 Å². The van der Waals surface area contributed by atoms with Crippen LogP contribution >= 0.6 is 0 Å². The Morgan fingerprint density at radius 2 is 1.87 bits per heavy atom. The Kier molecular flexibility index (Phi) is 5.58. The molecule has 2 saturated heterocycles. The quantitative estimate of drug-likeness (QED) is 0.895. The maximum atomic E-state index is 13.8. The van der Waals surface area contributed by atoms with Crippen LogP contribution in [-0.4, -0.2) is 66.9 Å². The monoisotopic (exact) mass is 326 g/mol. The van der Waals surface area contributed by atoms with Crippen LogP contribution in [0.1, 0.15) is 24.5 Å². The Morgan fingerprint density at radius 3 is 2.57 bits per heavy atom. The molecule has 2 fully saturated rings. The summed E-state index contributed by atoms with van der Waals surface area (Å²) in [7, 11) is 0. The highest BCUT2D eigenvalue weighted by Crippen LogP contribution is 2.26. The van der Waals surface area contributed by atoms with Crippen LogP contribution in [0.4, 0.5) is 8.78 Å². The first kappa shape index (κ1) is 16.8. The molecule has 0 aromatic heterocycles. The number of β-amino-alcohol motifs (C(OH)–C–C–N with tert-alkyl or cyclic N) is 1. The lowest BCUT2D eigenvalue weighted by Crippen LogP contribution is -2.46. The zero-order chi connectivity index (χ0) is 16.2. The van der Waals surface area contributed by atoms with Gasteiger partial charge in [-0.05, 0) is 31.5 Å². The predicted octanol–water partition coefficient (Wildman–Crippen LogP) is 1.79. The molecule has 23 heavy (non-hydrogen) atoms. The van der Waals surface area contributed by atoms with Gasteiger partial charge >= 0.3 is 0 Å². The molecule has 0 spiro atoms. The third-order valence-electron chi connectivity index (χ3n) is 4.81. The smallest absolute Gasteiger partial charge is 0.131 e. The van der Waals surface area contributed by atoms with Gasteiger partial charge in [0.05, 0.1) is 24.9 Å². The van der Waals surface area contributed by atoms with Gasteiger partial charge in [-0.1, -0.05) is 6.07 Å². The summed E-state index contributed by atoms with van der Waals surface area (Å²) in [5.41, 5.74) is -0.218. The molecule has 2 aliphatic rings. The summed E-state index contributed by atoms with van der Waals surface area (Å²) in [6.45, 7) is 5.43. The van der Waals surface area contributed by atoms with Gasteiger partial charge in [0.2, 0.25) is 0 Å². The topological polar surface area (TPSA) is 35.9 Å². The van der Waals surface area contributed by atoms with Gasteiger partial charge in [0, 0.05) is 32.2 Å². The van der Waals surface area contributed by atoms with Gasteiger partial charge in [-0.3, -0.25) is 9.80 Å². The number of halogens is 2. The van der Waals surface area contributed by atoms with Crippen LogP contribution < -0.4 is 0 Å². The predicted molar refractivity (Wildman–Crippen MR) is 83.2 cm³/mol. The number of aliphatic hydroxyl groups is 1. The number of benzene rings is 1. The zero-order valence-electron chi connectivity index (χ0n) is 13.3. The van der Waals surface area contributed by atoms with E-state index in [0.29, 0.717) is 6.04 Å². The Morgan fingerprint density at radius 1 is 1.17 bits per heavy atom. The minimum atomic E-state index is -1.14. The van der Waals surface area contributed by atoms with E-state index in [0.717, 1.165) is 52.2 Å². The van der Waals surface area contributed by atoms with Gasteiger partial charge < -0.3 is 9.84 Å². The summed E-state index contributed by atoms with van der Waals surface area (Å²) in [6.07, 6.45) is 0.979. The summed E-state index contributed by atoms with van der Waals surface area (Å²) in [5.74, 6) is -1.36. The van der Waals surface area contributed by atoms with Crippen molar-refractivity contribution in [2.24, 2.45) is 0 Å². The van der Waals surface area contributed by atoms with Crippen LogP contribution in [0.15, 0.2) is 18.2 Å². The summed E-state index contributed by atoms with van der Waals surface area (Å²) >= 11 is 0. The molecule has 2 heterocycles. The first-order chi connectivity index (χ1) is 11.1. The van der Waals surface area contributed by atoms with Gasteiger partial charge in [-0.15, -0.1) is 0 Å². The van der Waals surface area contributed by atoms with E-state index in [9.17, 15) is 13.9 Å². The molecule has 6 heteroatoms. The maximum Gasteiger partial charge on any atom is 0.131 e. The molecular weight excluding hydrogens is 302 g/mol. The van der Waals surface area contributed by atoms with Crippen molar-refractivity contribution in [3.63, 3.8) is 0 Å². The third-order valence-corrected chi connectivity index (χ3v) is 4.81. The highest BCUT2D eigenvalue weighted by molar-refractivity contribution is 5.22. The summed E-state index contributed by atoms with van der Waals surface area (Å²) in [5, 5.41) is 10.3. The Balaban J connectivity index is 1.61. The van der Waals surface area contributed by atoms with E-state index in [-0.39, 0.29) is 12.1 Å². The molecule has 2 atom stereocenters. The van der Waals surface area contributed by atoms with Crippen molar-refractivity contribution in [1.29, 1.82) is 0 Å². The molecule has 0 aliphatic carbocycles. The Labute approximate surface area is 135 Å². The maximum absolute atomic E-state index is 13.8. The number of hydrogen-bond acceptors (Lipinski definition) is 4. The second-order valence-electron chi connectivity index (χ2n) is 6.36. The van der Waals surface area contributed by atoms with Crippen LogP contribution in [0, 0.1) is 11.6 Å². The van der Waals surface area contributed by atoms with E-state index < -0.39 is 17.7 Å². The first-order valence-corrected chi connectivity index (χ1v) is 8.31. The first-order valence-electron chi connectivity index (χ1n) is 8.31. The SMILES string of the molecule is OC(CN1CCCC1CN1CCOCC1)c1c(F)cccc1F. The van der Waals surface area contributed by atoms with Crippen molar-refractivity contribution < 1.29 is 18.6 Å². The highest BCUT2D eigenvalue weighted by atomic mass is 19.1. The molecule has 0 amide bonds. The normalized spacial score (nSPS) is 24.9. The largest absolute Gasteiger partial charge is 0.387 e. The average Bonchev–Trinajstić information content (AvgIpc) is 2.95. The lowest BCUT2D eigenvalue weighted by Gasteiger charge is -2.33. The molecular formula is C17H24F2N2O2. The summed E-state index contributed by atoms with van der Waals surface area (Å²) in [6, 6.07) is 4.03. The van der Waals surface area contributed by atoms with Gasteiger partial charge in [-0.2, -0.15) is 0 Å². The highest BCUT2D eigenvalue weighted by Gasteiger charge is 2.30. The summed E-state index contributed by atoms with van der Waals surface area (Å²) in [4.78, 5) is 4.52. The van der Waals surface area contributed by atoms with E-state index in [1.807, 2.05) is 0 Å². The van der Waals surface area contributed by atoms with Crippen molar-refractivity contribution in [3.05, 3.63) is 35.4 Å². The van der Waals surface area contributed by atoms with Crippen molar-refractivity contribution >= 4 is 0 Å². The van der Waals surface area contributed by atoms with Crippen molar-refractivity contribution in [3.8, 4) is 0 Å². The van der Waals surface area contributed by atoms with E-state index in [1.54, 1.807) is 0 Å². The molecule has 4 nitrogen and oxygen atoms in total. The van der Waals surface area contributed by atoms with Gasteiger partial charge in [0.25, 0.3) is 0 Å². The number of nitrogens with zero attached hydrogens (tertiary/aromatic N) is 2. The van der Waals surface area contributed by atoms with Gasteiger partial charge in [-0.25, -0.2) is 8.78 Å². The minimum absolute atomic E-state index is 0.218. The Hall–Kier alpha value is -1.08. The number of morpholine rings is 1. The molecule has 0 bridgehead atoms. The van der Waals surface area contributed by atoms with Crippen LogP contribution in [0.3, 0.4) is 0 Å². The molecule has 2 aliphatic heterocycles. The second kappa shape index (κ2) is 7.66. The molecule has 128 valence electrons. The number of hydrogen-bond donors (Lipinski definition) is 1. The van der Waals surface area contributed by atoms with Gasteiger partial charge in [0.15, 0.2) is 0 Å². The van der Waals surface area contributed by atoms with Gasteiger partial charge in [0.1, 0.15) is 11.6 Å². The summed E-state index contributed by atoms with van der Waals surface area (Å²) < 4.78 is 33.0. The van der Waals surface area contributed by atoms with Crippen molar-refractivity contribution in [2.75, 3.05) is 45.9 Å². The van der Waals surface area contributed by atoms with Crippen LogP contribution in [0.25, 0.3) is 0 Å². The lowest BCUT2D eigenvalue weighted by molar-refractivity contribution is 0.0215. The fourth-order valence-electron chi connectivity index (χ4n) is 3.57. The fraction of sp³-hybridized carbons (Fsp3) is 0.647. The van der Waals surface area contributed by atoms with E-state index in [4.69, 9.17) is 4.74 Å². The molecule has 1 aromatic carbocycles. The van der Waals surface area contributed by atoms with Crippen LogP contribution in [-0.2, 0) is 4.74 Å². The average molecular weight is 326 g/mol. The molecule has 2 unspecified atom stereocenters. The minimum Gasteiger partial charge on any atom is -0.387 e. The molecule has 1 aromatic rings. The molecule has 0 radical (unpaired) electrons. The standard InChI is InChI=1S/C17H24F2N2O2/c18-14-4-1-5-15(19)17(14)16(22)12-21-6-2-3-13(21)11-20-7-9-23-10-8-20/h1,4-5,13,16,22H,2-3,6-12H2. The Bertz CT molecular complexity index is 503. The number of likely N-dealkylation sites (tertiary alicyclic amines) is 1. The molecule has 3 rings (SSSR count). The third kappa shape index (κ3) is 4.07. The van der Waals surface area contributed by atoms with E-state index >= 15 is 0 Å². The van der Waals surface area contributed by atoms with Crippen LogP contribution in [0.5, 0.6) is 0 Å². The lowest BCUT2D eigenvalue weighted by atomic mass is 10.1. The number of aliphatic hydroxyl groups excluding tert-OH is 1. The zero-order valence-corrected chi connectivity index (χ0v) is 13.3. The fourth-order valence-corrected chi connectivity index (χ4v) is 3.57. The number of ether oxygens (including phenoxy) is 1. The van der Waals surface area contributed by atoms with E-state index in [2.05, 4.69) is 9.80 Å². The molecule has 0 saturated carbocycles. The van der Waals surface area contributed by atoms with Crippen molar-refractivity contribution in [2.45, 2.75) is 25.0 Å². The second-order valence-corrected chi connectivity index (χ2v) is 6.36. The molecule has 1 N–H and O–H groups in total. The van der Waals surface area contributed by atoms with Crippen molar-refractivity contribution in [1.82, 2.24) is 9.80 Å².